The summed E-state index contributed by atoms with van der Waals surface area (Å²) in [5, 5.41) is 12.1. The van der Waals surface area contributed by atoms with E-state index in [9.17, 15) is 9.90 Å². The summed E-state index contributed by atoms with van der Waals surface area (Å²) in [4.78, 5) is 11.4. The van der Waals surface area contributed by atoms with Gasteiger partial charge in [-0.2, -0.15) is 0 Å². The van der Waals surface area contributed by atoms with Crippen LogP contribution in [-0.4, -0.2) is 29.4 Å². The molecular weight excluding hydrogens is 206 g/mol. The van der Waals surface area contributed by atoms with Crippen molar-refractivity contribution in [3.05, 3.63) is 0 Å². The lowest BCUT2D eigenvalue weighted by Gasteiger charge is -2.22. The average molecular weight is 229 g/mol. The van der Waals surface area contributed by atoms with Crippen molar-refractivity contribution in [3.63, 3.8) is 0 Å². The molecule has 0 aromatic heterocycles. The summed E-state index contributed by atoms with van der Waals surface area (Å²) in [6, 6.07) is 0. The van der Waals surface area contributed by atoms with Gasteiger partial charge in [0.2, 0.25) is 0 Å². The molecule has 0 unspecified atom stereocenters. The second-order valence-corrected chi connectivity index (χ2v) is 5.15. The van der Waals surface area contributed by atoms with Gasteiger partial charge in [0.1, 0.15) is 6.10 Å². The quantitative estimate of drug-likeness (QED) is 0.777. The summed E-state index contributed by atoms with van der Waals surface area (Å²) in [5.74, 6) is 0. The van der Waals surface area contributed by atoms with E-state index in [1.807, 2.05) is 0 Å². The fraction of sp³-hybridized carbons (Fsp3) is 0.917. The molecule has 0 radical (unpaired) electrons. The zero-order chi connectivity index (χ0) is 12.0. The first-order valence-corrected chi connectivity index (χ1v) is 6.14. The number of nitrogens with one attached hydrogen (secondary N) is 1. The summed E-state index contributed by atoms with van der Waals surface area (Å²) >= 11 is 0. The van der Waals surface area contributed by atoms with Crippen molar-refractivity contribution in [1.82, 2.24) is 5.32 Å². The maximum absolute atomic E-state index is 11.4. The number of aliphatic hydroxyl groups is 1. The molecule has 0 atom stereocenters. The lowest BCUT2D eigenvalue weighted by Crippen LogP contribution is -2.33. The molecule has 1 rings (SSSR count). The molecule has 0 bridgehead atoms. The van der Waals surface area contributed by atoms with Crippen LogP contribution >= 0.6 is 0 Å². The second-order valence-electron chi connectivity index (χ2n) is 5.15. The molecule has 1 saturated carbocycles. The fourth-order valence-corrected chi connectivity index (χ4v) is 1.85. The van der Waals surface area contributed by atoms with Crippen molar-refractivity contribution in [2.75, 3.05) is 6.54 Å². The summed E-state index contributed by atoms with van der Waals surface area (Å²) in [5.41, 5.74) is -0.738. The van der Waals surface area contributed by atoms with Crippen LogP contribution in [-0.2, 0) is 4.74 Å². The van der Waals surface area contributed by atoms with Crippen molar-refractivity contribution in [2.45, 2.75) is 64.1 Å². The minimum absolute atomic E-state index is 0.0934. The zero-order valence-corrected chi connectivity index (χ0v) is 10.3. The molecule has 1 aliphatic carbocycles. The number of alkyl carbamates (subject to hydrolysis) is 1. The van der Waals surface area contributed by atoms with Gasteiger partial charge in [-0.25, -0.2) is 4.79 Å². The average Bonchev–Trinajstić information content (AvgIpc) is 2.17. The van der Waals surface area contributed by atoms with Gasteiger partial charge in [-0.3, -0.25) is 0 Å². The van der Waals surface area contributed by atoms with Crippen LogP contribution in [0.15, 0.2) is 0 Å². The molecule has 0 heterocycles. The molecule has 4 nitrogen and oxygen atoms in total. The molecule has 0 spiro atoms. The first-order chi connectivity index (χ1) is 7.47. The van der Waals surface area contributed by atoms with Crippen LogP contribution in [0.5, 0.6) is 0 Å². The first kappa shape index (κ1) is 13.3. The molecule has 94 valence electrons. The Kier molecular flexibility index (Phi) is 5.06. The Morgan fingerprint density at radius 3 is 2.56 bits per heavy atom. The normalized spacial score (nSPS) is 18.2. The van der Waals surface area contributed by atoms with Gasteiger partial charge in [-0.15, -0.1) is 0 Å². The molecule has 0 saturated heterocycles. The Labute approximate surface area is 97.4 Å². The third-order valence-corrected chi connectivity index (χ3v) is 2.83. The summed E-state index contributed by atoms with van der Waals surface area (Å²) in [6.07, 6.45) is 5.81. The lowest BCUT2D eigenvalue weighted by atomic mass is 9.98. The number of rotatable bonds is 4. The number of hydrogen-bond donors (Lipinski definition) is 2. The lowest BCUT2D eigenvalue weighted by molar-refractivity contribution is 0.0619. The van der Waals surface area contributed by atoms with Crippen LogP contribution in [0.2, 0.25) is 0 Å². The smallest absolute Gasteiger partial charge is 0.407 e. The highest BCUT2D eigenvalue weighted by atomic mass is 16.6. The van der Waals surface area contributed by atoms with Crippen LogP contribution in [0.1, 0.15) is 52.4 Å². The summed E-state index contributed by atoms with van der Waals surface area (Å²) in [7, 11) is 0. The first-order valence-electron chi connectivity index (χ1n) is 6.14. The summed E-state index contributed by atoms with van der Waals surface area (Å²) in [6.45, 7) is 3.90. The Balaban J connectivity index is 2.10. The van der Waals surface area contributed by atoms with Crippen LogP contribution in [0.25, 0.3) is 0 Å². The third-order valence-electron chi connectivity index (χ3n) is 2.83. The SMILES string of the molecule is CC(C)(O)CCNC(=O)OC1CCCCC1. The number of carbonyl (C=O) groups is 1. The number of carbonyl (C=O) groups excluding carboxylic acids is 1. The number of ether oxygens (including phenoxy) is 1. The molecule has 1 amide bonds. The molecule has 0 aromatic rings. The number of amides is 1. The Morgan fingerprint density at radius 2 is 2.00 bits per heavy atom. The molecule has 2 N–H and O–H groups in total. The molecule has 1 fully saturated rings. The van der Waals surface area contributed by atoms with Crippen molar-refractivity contribution >= 4 is 6.09 Å². The van der Waals surface area contributed by atoms with Crippen LogP contribution in [0, 0.1) is 0 Å². The monoisotopic (exact) mass is 229 g/mol. The Bertz CT molecular complexity index is 217. The minimum Gasteiger partial charge on any atom is -0.446 e. The highest BCUT2D eigenvalue weighted by Gasteiger charge is 2.18. The van der Waals surface area contributed by atoms with E-state index >= 15 is 0 Å². The van der Waals surface area contributed by atoms with E-state index in [0.29, 0.717) is 13.0 Å². The fourth-order valence-electron chi connectivity index (χ4n) is 1.85. The number of hydrogen-bond acceptors (Lipinski definition) is 3. The largest absolute Gasteiger partial charge is 0.446 e. The minimum atomic E-state index is -0.738. The molecular formula is C12H23NO3. The van der Waals surface area contributed by atoms with Gasteiger partial charge in [0.25, 0.3) is 0 Å². The van der Waals surface area contributed by atoms with Crippen LogP contribution in [0.4, 0.5) is 4.79 Å². The summed E-state index contributed by atoms with van der Waals surface area (Å²) < 4.78 is 5.27. The van der Waals surface area contributed by atoms with Gasteiger partial charge in [0.05, 0.1) is 5.60 Å². The van der Waals surface area contributed by atoms with Crippen molar-refractivity contribution in [1.29, 1.82) is 0 Å². The van der Waals surface area contributed by atoms with E-state index in [1.54, 1.807) is 13.8 Å². The predicted molar refractivity (Wildman–Crippen MR) is 62.3 cm³/mol. The van der Waals surface area contributed by atoms with E-state index in [2.05, 4.69) is 5.32 Å². The molecule has 16 heavy (non-hydrogen) atoms. The molecule has 1 aliphatic rings. The van der Waals surface area contributed by atoms with E-state index in [4.69, 9.17) is 4.74 Å². The molecule has 0 aliphatic heterocycles. The Morgan fingerprint density at radius 1 is 1.38 bits per heavy atom. The highest BCUT2D eigenvalue weighted by molar-refractivity contribution is 5.67. The topological polar surface area (TPSA) is 58.6 Å². The van der Waals surface area contributed by atoms with E-state index in [1.165, 1.54) is 6.42 Å². The van der Waals surface area contributed by atoms with Gasteiger partial charge in [-0.1, -0.05) is 6.42 Å². The van der Waals surface area contributed by atoms with E-state index in [-0.39, 0.29) is 12.2 Å². The van der Waals surface area contributed by atoms with Crippen LogP contribution < -0.4 is 5.32 Å². The highest BCUT2D eigenvalue weighted by Crippen LogP contribution is 2.20. The van der Waals surface area contributed by atoms with Crippen molar-refractivity contribution in [3.8, 4) is 0 Å². The van der Waals surface area contributed by atoms with E-state index in [0.717, 1.165) is 25.7 Å². The molecule has 0 aromatic carbocycles. The van der Waals surface area contributed by atoms with Gasteiger partial charge < -0.3 is 15.2 Å². The van der Waals surface area contributed by atoms with Crippen LogP contribution in [0.3, 0.4) is 0 Å². The van der Waals surface area contributed by atoms with Gasteiger partial charge in [-0.05, 0) is 46.0 Å². The van der Waals surface area contributed by atoms with Crippen molar-refractivity contribution in [2.24, 2.45) is 0 Å². The van der Waals surface area contributed by atoms with Gasteiger partial charge in [0, 0.05) is 6.54 Å². The van der Waals surface area contributed by atoms with Gasteiger partial charge >= 0.3 is 6.09 Å². The second kappa shape index (κ2) is 6.09. The Hall–Kier alpha value is -0.770. The predicted octanol–water partition coefficient (Wildman–Crippen LogP) is 2.21. The van der Waals surface area contributed by atoms with Gasteiger partial charge in [0.15, 0.2) is 0 Å². The van der Waals surface area contributed by atoms with Crippen molar-refractivity contribution < 1.29 is 14.6 Å². The third kappa shape index (κ3) is 5.95. The standard InChI is InChI=1S/C12H23NO3/c1-12(2,15)8-9-13-11(14)16-10-6-4-3-5-7-10/h10,15H,3-9H2,1-2H3,(H,13,14). The maximum atomic E-state index is 11.4. The maximum Gasteiger partial charge on any atom is 0.407 e. The van der Waals surface area contributed by atoms with E-state index < -0.39 is 5.60 Å². The molecule has 4 heteroatoms. The zero-order valence-electron chi connectivity index (χ0n) is 10.3.